The third-order valence-electron chi connectivity index (χ3n) is 7.47. The quantitative estimate of drug-likeness (QED) is 0.292. The maximum Gasteiger partial charge on any atom is 0.254 e. The fraction of sp³-hybridized carbons (Fsp3) is 0.355. The van der Waals surface area contributed by atoms with E-state index in [1.54, 1.807) is 35.2 Å². The van der Waals surface area contributed by atoms with Crippen LogP contribution in [0.15, 0.2) is 54.7 Å². The van der Waals surface area contributed by atoms with E-state index in [0.717, 1.165) is 40.8 Å². The van der Waals surface area contributed by atoms with E-state index in [9.17, 15) is 14.0 Å². The first kappa shape index (κ1) is 28.2. The van der Waals surface area contributed by atoms with E-state index in [0.29, 0.717) is 37.3 Å². The van der Waals surface area contributed by atoms with E-state index >= 15 is 0 Å². The lowest BCUT2D eigenvalue weighted by molar-refractivity contribution is 0.0729. The van der Waals surface area contributed by atoms with Gasteiger partial charge in [0.15, 0.2) is 5.65 Å². The molecule has 1 aliphatic rings. The molecule has 41 heavy (non-hydrogen) atoms. The van der Waals surface area contributed by atoms with Crippen molar-refractivity contribution in [2.24, 2.45) is 5.73 Å². The maximum absolute atomic E-state index is 14.2. The first-order chi connectivity index (χ1) is 19.9. The minimum atomic E-state index is -0.616. The van der Waals surface area contributed by atoms with E-state index < -0.39 is 5.91 Å². The summed E-state index contributed by atoms with van der Waals surface area (Å²) >= 11 is 0. The van der Waals surface area contributed by atoms with Crippen molar-refractivity contribution >= 4 is 28.5 Å². The highest BCUT2D eigenvalue weighted by molar-refractivity contribution is 5.99. The largest absolute Gasteiger partial charge is 0.381 e. The first-order valence-electron chi connectivity index (χ1n) is 14.0. The van der Waals surface area contributed by atoms with Crippen LogP contribution >= 0.6 is 0 Å². The second-order valence-corrected chi connectivity index (χ2v) is 10.2. The van der Waals surface area contributed by atoms with Crippen LogP contribution in [-0.4, -0.2) is 50.7 Å². The molecule has 2 amide bonds. The number of rotatable bonds is 10. The number of nitrogens with two attached hydrogens (primary N) is 1. The molecule has 9 nitrogen and oxygen atoms in total. The third-order valence-corrected chi connectivity index (χ3v) is 7.47. The molecule has 2 aromatic carbocycles. The Kier molecular flexibility index (Phi) is 8.58. The number of hydrogen-bond donors (Lipinski definition) is 2. The molecule has 10 heteroatoms. The molecule has 0 unspecified atom stereocenters. The van der Waals surface area contributed by atoms with E-state index in [2.05, 4.69) is 10.4 Å². The van der Waals surface area contributed by atoms with Crippen LogP contribution in [0.1, 0.15) is 64.2 Å². The van der Waals surface area contributed by atoms with Crippen LogP contribution in [-0.2, 0) is 30.8 Å². The van der Waals surface area contributed by atoms with Gasteiger partial charge in [0.05, 0.1) is 23.8 Å². The molecule has 3 heterocycles. The topological polar surface area (TPSA) is 115 Å². The van der Waals surface area contributed by atoms with Gasteiger partial charge < -0.3 is 20.7 Å². The van der Waals surface area contributed by atoms with E-state index in [-0.39, 0.29) is 36.4 Å². The standard InChI is InChI=1S/C31H35FN6O3/c1-3-27-26(28(35-24-11-13-41-14-12-24)25-17-34-38(4-2)30(25)36-27)19-37(18-20-7-5-10-23(32)15-20)31(40)22-9-6-8-21(16-22)29(33)39/h5-10,15-17,24H,3-4,11-14,18-19H2,1-2H3,(H2,33,39)(H,35,36). The number of anilines is 1. The minimum Gasteiger partial charge on any atom is -0.381 e. The number of nitrogens with zero attached hydrogens (tertiary/aromatic N) is 4. The molecule has 0 saturated carbocycles. The molecular weight excluding hydrogens is 523 g/mol. The summed E-state index contributed by atoms with van der Waals surface area (Å²) in [6, 6.07) is 12.8. The van der Waals surface area contributed by atoms with Gasteiger partial charge in [-0.2, -0.15) is 5.10 Å². The molecule has 0 atom stereocenters. The zero-order valence-corrected chi connectivity index (χ0v) is 23.4. The third kappa shape index (κ3) is 6.22. The Balaban J connectivity index is 1.61. The number of aromatic nitrogens is 3. The van der Waals surface area contributed by atoms with Gasteiger partial charge in [-0.05, 0) is 62.1 Å². The number of amides is 2. The van der Waals surface area contributed by atoms with E-state index in [1.165, 1.54) is 18.2 Å². The van der Waals surface area contributed by atoms with E-state index in [1.807, 2.05) is 24.7 Å². The SMILES string of the molecule is CCc1nc2c(cnn2CC)c(NC2CCOCC2)c1CN(Cc1cccc(F)c1)C(=O)c1cccc(C(N)=O)c1. The van der Waals surface area contributed by atoms with Crippen molar-refractivity contribution in [1.29, 1.82) is 0 Å². The molecule has 0 radical (unpaired) electrons. The number of halogens is 1. The maximum atomic E-state index is 14.2. The molecule has 3 N–H and O–H groups in total. The average molecular weight is 559 g/mol. The van der Waals surface area contributed by atoms with Gasteiger partial charge >= 0.3 is 0 Å². The van der Waals surface area contributed by atoms with Gasteiger partial charge in [-0.1, -0.05) is 25.1 Å². The zero-order chi connectivity index (χ0) is 28.9. The number of fused-ring (bicyclic) bond motifs is 1. The van der Waals surface area contributed by atoms with Crippen molar-refractivity contribution in [3.8, 4) is 0 Å². The number of ether oxygens (including phenoxy) is 1. The van der Waals surface area contributed by atoms with Gasteiger partial charge in [-0.3, -0.25) is 9.59 Å². The molecule has 4 aromatic rings. The average Bonchev–Trinajstić information content (AvgIpc) is 3.40. The number of nitrogens with one attached hydrogen (secondary N) is 1. The van der Waals surface area contributed by atoms with Crippen LogP contribution in [0.3, 0.4) is 0 Å². The Labute approximate surface area is 238 Å². The van der Waals surface area contributed by atoms with Crippen LogP contribution in [0.4, 0.5) is 10.1 Å². The summed E-state index contributed by atoms with van der Waals surface area (Å²) in [7, 11) is 0. The monoisotopic (exact) mass is 558 g/mol. The Morgan fingerprint density at radius 2 is 1.85 bits per heavy atom. The van der Waals surface area contributed by atoms with Gasteiger partial charge in [0.25, 0.3) is 5.91 Å². The molecule has 5 rings (SSSR count). The summed E-state index contributed by atoms with van der Waals surface area (Å²) in [6.07, 6.45) is 4.18. The number of benzene rings is 2. The Bertz CT molecular complexity index is 1560. The number of carbonyl (C=O) groups is 2. The van der Waals surface area contributed by atoms with Gasteiger partial charge in [-0.15, -0.1) is 0 Å². The predicted molar refractivity (Wildman–Crippen MR) is 155 cm³/mol. The normalized spacial score (nSPS) is 13.8. The molecule has 2 aromatic heterocycles. The second-order valence-electron chi connectivity index (χ2n) is 10.2. The number of aryl methyl sites for hydroxylation is 2. The van der Waals surface area contributed by atoms with Crippen molar-refractivity contribution < 1.29 is 18.7 Å². The number of hydrogen-bond acceptors (Lipinski definition) is 6. The minimum absolute atomic E-state index is 0.156. The summed E-state index contributed by atoms with van der Waals surface area (Å²) in [4.78, 5) is 32.6. The predicted octanol–water partition coefficient (Wildman–Crippen LogP) is 4.69. The Hall–Kier alpha value is -4.31. The van der Waals surface area contributed by atoms with Crippen molar-refractivity contribution in [3.05, 3.63) is 88.5 Å². The Morgan fingerprint density at radius 3 is 2.56 bits per heavy atom. The Morgan fingerprint density at radius 1 is 1.10 bits per heavy atom. The van der Waals surface area contributed by atoms with Gasteiger partial charge in [0.1, 0.15) is 5.82 Å². The lowest BCUT2D eigenvalue weighted by Gasteiger charge is -2.29. The van der Waals surface area contributed by atoms with Crippen molar-refractivity contribution in [2.45, 2.75) is 58.8 Å². The highest BCUT2D eigenvalue weighted by Crippen LogP contribution is 2.33. The summed E-state index contributed by atoms with van der Waals surface area (Å²) in [6.45, 7) is 6.47. The van der Waals surface area contributed by atoms with Crippen LogP contribution in [0.5, 0.6) is 0 Å². The number of primary amides is 1. The summed E-state index contributed by atoms with van der Waals surface area (Å²) in [5.41, 5.74) is 10.1. The number of carbonyl (C=O) groups excluding carboxylic acids is 2. The van der Waals surface area contributed by atoms with Gasteiger partial charge in [-0.25, -0.2) is 14.1 Å². The summed E-state index contributed by atoms with van der Waals surface area (Å²) < 4.78 is 21.6. The number of pyridine rings is 1. The second kappa shape index (κ2) is 12.5. The first-order valence-corrected chi connectivity index (χ1v) is 14.0. The smallest absolute Gasteiger partial charge is 0.254 e. The van der Waals surface area contributed by atoms with E-state index in [4.69, 9.17) is 15.5 Å². The van der Waals surface area contributed by atoms with Crippen molar-refractivity contribution in [1.82, 2.24) is 19.7 Å². The van der Waals surface area contributed by atoms with Crippen LogP contribution in [0, 0.1) is 5.82 Å². The fourth-order valence-corrected chi connectivity index (χ4v) is 5.31. The highest BCUT2D eigenvalue weighted by atomic mass is 19.1. The van der Waals surface area contributed by atoms with Crippen molar-refractivity contribution in [2.75, 3.05) is 18.5 Å². The van der Waals surface area contributed by atoms with Crippen LogP contribution in [0.25, 0.3) is 11.0 Å². The molecule has 0 aliphatic carbocycles. The lowest BCUT2D eigenvalue weighted by Crippen LogP contribution is -2.33. The molecule has 0 bridgehead atoms. The van der Waals surface area contributed by atoms with Crippen LogP contribution in [0.2, 0.25) is 0 Å². The zero-order valence-electron chi connectivity index (χ0n) is 23.4. The lowest BCUT2D eigenvalue weighted by atomic mass is 10.0. The van der Waals surface area contributed by atoms with Crippen molar-refractivity contribution in [3.63, 3.8) is 0 Å². The molecule has 0 spiro atoms. The molecule has 1 saturated heterocycles. The fourth-order valence-electron chi connectivity index (χ4n) is 5.31. The molecule has 1 fully saturated rings. The van der Waals surface area contributed by atoms with Gasteiger partial charge in [0.2, 0.25) is 5.91 Å². The molecule has 1 aliphatic heterocycles. The van der Waals surface area contributed by atoms with Crippen LogP contribution < -0.4 is 11.1 Å². The highest BCUT2D eigenvalue weighted by Gasteiger charge is 2.26. The summed E-state index contributed by atoms with van der Waals surface area (Å²) in [5, 5.41) is 9.21. The molecular formula is C31H35FN6O3. The summed E-state index contributed by atoms with van der Waals surface area (Å²) in [5.74, 6) is -1.30. The van der Waals surface area contributed by atoms with Gasteiger partial charge in [0, 0.05) is 54.7 Å². The molecule has 214 valence electrons.